The van der Waals surface area contributed by atoms with Gasteiger partial charge in [0.05, 0.1) is 12.5 Å². The second-order valence-electron chi connectivity index (χ2n) is 8.05. The molecule has 188 valence electrons. The van der Waals surface area contributed by atoms with E-state index in [1.54, 1.807) is 0 Å². The van der Waals surface area contributed by atoms with Crippen molar-refractivity contribution in [3.05, 3.63) is 0 Å². The summed E-state index contributed by atoms with van der Waals surface area (Å²) in [5.41, 5.74) is 21.4. The fraction of sp³-hybridized carbons (Fsp3) is 0.684. The van der Waals surface area contributed by atoms with Crippen molar-refractivity contribution in [1.29, 1.82) is 0 Å². The molecule has 4 atom stereocenters. The first-order valence-corrected chi connectivity index (χ1v) is 10.5. The number of primary amides is 1. The Morgan fingerprint density at radius 1 is 0.879 bits per heavy atom. The second-order valence-corrected chi connectivity index (χ2v) is 8.05. The lowest BCUT2D eigenvalue weighted by molar-refractivity contribution is -0.143. The zero-order valence-electron chi connectivity index (χ0n) is 19.2. The number of rotatable bonds is 15. The fourth-order valence-electron chi connectivity index (χ4n) is 2.74. The van der Waals surface area contributed by atoms with Gasteiger partial charge < -0.3 is 44.0 Å². The number of carbonyl (C=O) groups excluding carboxylic acids is 4. The van der Waals surface area contributed by atoms with Gasteiger partial charge in [-0.2, -0.15) is 0 Å². The van der Waals surface area contributed by atoms with Gasteiger partial charge in [-0.3, -0.25) is 24.2 Å². The highest BCUT2D eigenvalue weighted by molar-refractivity contribution is 5.94. The van der Waals surface area contributed by atoms with Crippen molar-refractivity contribution in [2.24, 2.45) is 33.8 Å². The highest BCUT2D eigenvalue weighted by Crippen LogP contribution is 2.05. The molecule has 4 amide bonds. The zero-order valence-corrected chi connectivity index (χ0v) is 19.2. The maximum absolute atomic E-state index is 12.7. The maximum Gasteiger partial charge on any atom is 0.326 e. The molecule has 0 aromatic heterocycles. The Kier molecular flexibility index (Phi) is 13.1. The number of amides is 4. The minimum atomic E-state index is -1.54. The Bertz CT molecular complexity index is 738. The van der Waals surface area contributed by atoms with Crippen LogP contribution in [-0.2, 0) is 24.0 Å². The average molecular weight is 473 g/mol. The van der Waals surface area contributed by atoms with E-state index in [2.05, 4.69) is 20.9 Å². The summed E-state index contributed by atoms with van der Waals surface area (Å²) >= 11 is 0. The Morgan fingerprint density at radius 2 is 1.45 bits per heavy atom. The molecule has 33 heavy (non-hydrogen) atoms. The van der Waals surface area contributed by atoms with E-state index in [1.165, 1.54) is 6.92 Å². The molecule has 0 saturated heterocycles. The van der Waals surface area contributed by atoms with Crippen molar-refractivity contribution in [3.8, 4) is 0 Å². The van der Waals surface area contributed by atoms with E-state index in [4.69, 9.17) is 28.0 Å². The first-order chi connectivity index (χ1) is 15.2. The average Bonchev–Trinajstić information content (AvgIpc) is 2.68. The van der Waals surface area contributed by atoms with Crippen molar-refractivity contribution in [2.75, 3.05) is 6.54 Å². The van der Waals surface area contributed by atoms with Gasteiger partial charge in [-0.05, 0) is 32.1 Å². The van der Waals surface area contributed by atoms with Crippen molar-refractivity contribution >= 4 is 35.6 Å². The third-order valence-electron chi connectivity index (χ3n) is 4.41. The van der Waals surface area contributed by atoms with Crippen LogP contribution in [-0.4, -0.2) is 71.4 Å². The van der Waals surface area contributed by atoms with Crippen molar-refractivity contribution in [2.45, 2.75) is 70.6 Å². The number of nitrogens with zero attached hydrogens (tertiary/aromatic N) is 1. The van der Waals surface area contributed by atoms with Crippen molar-refractivity contribution < 1.29 is 29.1 Å². The molecule has 0 aromatic rings. The zero-order chi connectivity index (χ0) is 25.7. The number of hydrogen-bond acceptors (Lipinski definition) is 7. The second kappa shape index (κ2) is 14.6. The maximum atomic E-state index is 12.7. The molecule has 0 rings (SSSR count). The largest absolute Gasteiger partial charge is 0.480 e. The van der Waals surface area contributed by atoms with E-state index in [0.717, 1.165) is 0 Å². The number of nitrogens with two attached hydrogens (primary N) is 4. The van der Waals surface area contributed by atoms with Gasteiger partial charge in [-0.25, -0.2) is 4.79 Å². The lowest BCUT2D eigenvalue weighted by atomic mass is 10.0. The summed E-state index contributed by atoms with van der Waals surface area (Å²) in [6.45, 7) is 5.33. The van der Waals surface area contributed by atoms with Gasteiger partial charge in [-0.15, -0.1) is 0 Å². The normalized spacial score (nSPS) is 14.3. The summed E-state index contributed by atoms with van der Waals surface area (Å²) in [6.07, 6.45) is 0.287. The first kappa shape index (κ1) is 29.6. The monoisotopic (exact) mass is 472 g/mol. The van der Waals surface area contributed by atoms with Crippen LogP contribution in [0.25, 0.3) is 0 Å². The standard InChI is InChI=1S/C19H36N8O6/c1-9(2)7-11(20)16(30)26-12(5-4-6-24-19(22)23)17(31)25-10(3)15(29)27-13(18(32)33)8-14(21)28/h9-13H,4-8,20H2,1-3H3,(H2,21,28)(H,25,31)(H,26,30)(H,27,29)(H,32,33)(H4,22,23,24). The SMILES string of the molecule is CC(C)CC(N)C(=O)NC(CCCN=C(N)N)C(=O)NC(C)C(=O)NC(CC(N)=O)C(=O)O. The third kappa shape index (κ3) is 12.9. The van der Waals surface area contributed by atoms with E-state index in [-0.39, 0.29) is 24.8 Å². The molecule has 0 spiro atoms. The molecule has 0 aromatic carbocycles. The molecule has 0 bridgehead atoms. The molecule has 0 saturated carbocycles. The van der Waals surface area contributed by atoms with Crippen LogP contribution in [0.4, 0.5) is 0 Å². The van der Waals surface area contributed by atoms with E-state index in [9.17, 15) is 24.0 Å². The summed E-state index contributed by atoms with van der Waals surface area (Å²) in [6, 6.07) is -4.59. The Labute approximate surface area is 192 Å². The predicted octanol–water partition coefficient (Wildman–Crippen LogP) is -3.15. The highest BCUT2D eigenvalue weighted by atomic mass is 16.4. The minimum Gasteiger partial charge on any atom is -0.480 e. The van der Waals surface area contributed by atoms with E-state index < -0.39 is 60.2 Å². The summed E-state index contributed by atoms with van der Waals surface area (Å²) in [5, 5.41) is 16.2. The summed E-state index contributed by atoms with van der Waals surface area (Å²) in [4.78, 5) is 63.4. The number of carboxylic acids is 1. The molecule has 0 heterocycles. The topological polar surface area (TPSA) is 258 Å². The smallest absolute Gasteiger partial charge is 0.326 e. The number of nitrogens with one attached hydrogen (secondary N) is 3. The molecule has 0 aliphatic carbocycles. The number of guanidine groups is 1. The van der Waals surface area contributed by atoms with Crippen LogP contribution in [0.3, 0.4) is 0 Å². The number of aliphatic imine (C=N–C) groups is 1. The quantitative estimate of drug-likeness (QED) is 0.0678. The van der Waals surface area contributed by atoms with Crippen molar-refractivity contribution in [1.82, 2.24) is 16.0 Å². The van der Waals surface area contributed by atoms with Gasteiger partial charge in [0.2, 0.25) is 23.6 Å². The molecule has 14 heteroatoms. The van der Waals surface area contributed by atoms with Crippen LogP contribution in [0.15, 0.2) is 4.99 Å². The van der Waals surface area contributed by atoms with Crippen LogP contribution in [0.5, 0.6) is 0 Å². The molecule has 0 aliphatic heterocycles. The molecule has 14 nitrogen and oxygen atoms in total. The van der Waals surface area contributed by atoms with Gasteiger partial charge in [-0.1, -0.05) is 13.8 Å². The Hall–Kier alpha value is -3.42. The number of carbonyl (C=O) groups is 5. The molecule has 12 N–H and O–H groups in total. The van der Waals surface area contributed by atoms with E-state index in [1.807, 2.05) is 13.8 Å². The number of carboxylic acid groups (broad SMARTS) is 1. The molecule has 4 unspecified atom stereocenters. The molecular formula is C19H36N8O6. The minimum absolute atomic E-state index is 0.117. The molecule has 0 fully saturated rings. The number of aliphatic carboxylic acids is 1. The van der Waals surface area contributed by atoms with Gasteiger partial charge in [0, 0.05) is 6.54 Å². The third-order valence-corrected chi connectivity index (χ3v) is 4.41. The molecule has 0 radical (unpaired) electrons. The Balaban J connectivity index is 5.21. The van der Waals surface area contributed by atoms with Gasteiger partial charge in [0.15, 0.2) is 5.96 Å². The fourth-order valence-corrected chi connectivity index (χ4v) is 2.74. The lowest BCUT2D eigenvalue weighted by Crippen LogP contribution is -2.56. The van der Waals surface area contributed by atoms with E-state index in [0.29, 0.717) is 12.8 Å². The van der Waals surface area contributed by atoms with Gasteiger partial charge >= 0.3 is 5.97 Å². The van der Waals surface area contributed by atoms with E-state index >= 15 is 0 Å². The highest BCUT2D eigenvalue weighted by Gasteiger charge is 2.28. The Morgan fingerprint density at radius 3 is 1.94 bits per heavy atom. The van der Waals surface area contributed by atoms with Crippen LogP contribution >= 0.6 is 0 Å². The van der Waals surface area contributed by atoms with Crippen molar-refractivity contribution in [3.63, 3.8) is 0 Å². The van der Waals surface area contributed by atoms with Gasteiger partial charge in [0.1, 0.15) is 18.1 Å². The molecule has 0 aliphatic rings. The molecular weight excluding hydrogens is 436 g/mol. The van der Waals surface area contributed by atoms with Crippen LogP contribution < -0.4 is 38.9 Å². The lowest BCUT2D eigenvalue weighted by Gasteiger charge is -2.23. The summed E-state index contributed by atoms with van der Waals surface area (Å²) in [7, 11) is 0. The van der Waals surface area contributed by atoms with Crippen LogP contribution in [0, 0.1) is 5.92 Å². The van der Waals surface area contributed by atoms with Gasteiger partial charge in [0.25, 0.3) is 0 Å². The van der Waals surface area contributed by atoms with Crippen LogP contribution in [0.1, 0.15) is 46.5 Å². The summed E-state index contributed by atoms with van der Waals surface area (Å²) in [5.74, 6) is -4.40. The van der Waals surface area contributed by atoms with Crippen LogP contribution in [0.2, 0.25) is 0 Å². The predicted molar refractivity (Wildman–Crippen MR) is 120 cm³/mol. The number of hydrogen-bond donors (Lipinski definition) is 8. The summed E-state index contributed by atoms with van der Waals surface area (Å²) < 4.78 is 0. The first-order valence-electron chi connectivity index (χ1n) is 10.5.